The Morgan fingerprint density at radius 3 is 2.56 bits per heavy atom. The molecule has 94 valence electrons. The number of likely N-dealkylation sites (tertiary alicyclic amines) is 1. The van der Waals surface area contributed by atoms with E-state index in [0.29, 0.717) is 12.6 Å². The van der Waals surface area contributed by atoms with Crippen LogP contribution in [0, 0.1) is 0 Å². The average Bonchev–Trinajstić information content (AvgIpc) is 2.77. The summed E-state index contributed by atoms with van der Waals surface area (Å²) in [5, 5.41) is 3.10. The number of halogens is 1. The summed E-state index contributed by atoms with van der Waals surface area (Å²) in [7, 11) is 0. The molecule has 0 aromatic carbocycles. The number of amides is 1. The largest absolute Gasteiger partial charge is 0.352 e. The zero-order valence-corrected chi connectivity index (χ0v) is 10.5. The van der Waals surface area contributed by atoms with Crippen LogP contribution in [0.5, 0.6) is 0 Å². The van der Waals surface area contributed by atoms with Crippen molar-refractivity contribution < 1.29 is 4.79 Å². The van der Waals surface area contributed by atoms with Gasteiger partial charge < -0.3 is 11.1 Å². The van der Waals surface area contributed by atoms with E-state index in [4.69, 9.17) is 5.73 Å². The van der Waals surface area contributed by atoms with E-state index >= 15 is 0 Å². The Morgan fingerprint density at radius 2 is 2.00 bits per heavy atom. The van der Waals surface area contributed by atoms with Crippen molar-refractivity contribution >= 4 is 18.3 Å². The summed E-state index contributed by atoms with van der Waals surface area (Å²) in [5.74, 6) is 0.177. The molecule has 1 atom stereocenters. The zero-order valence-electron chi connectivity index (χ0n) is 9.65. The normalized spacial score (nSPS) is 26.7. The van der Waals surface area contributed by atoms with Crippen molar-refractivity contribution in [3.8, 4) is 0 Å². The second-order valence-electron chi connectivity index (χ2n) is 4.83. The van der Waals surface area contributed by atoms with Crippen molar-refractivity contribution in [1.29, 1.82) is 0 Å². The number of nitrogens with zero attached hydrogens (tertiary/aromatic N) is 1. The number of nitrogens with two attached hydrogens (primary N) is 1. The third-order valence-corrected chi connectivity index (χ3v) is 3.40. The first-order valence-corrected chi connectivity index (χ1v) is 6.01. The summed E-state index contributed by atoms with van der Waals surface area (Å²) in [4.78, 5) is 13.8. The molecule has 1 saturated heterocycles. The minimum Gasteiger partial charge on any atom is -0.352 e. The molecule has 5 heteroatoms. The van der Waals surface area contributed by atoms with Crippen LogP contribution in [0.3, 0.4) is 0 Å². The molecule has 4 nitrogen and oxygen atoms in total. The number of hydrogen-bond donors (Lipinski definition) is 2. The molecule has 0 bridgehead atoms. The van der Waals surface area contributed by atoms with Crippen LogP contribution in [0.2, 0.25) is 0 Å². The van der Waals surface area contributed by atoms with Gasteiger partial charge >= 0.3 is 0 Å². The summed E-state index contributed by atoms with van der Waals surface area (Å²) in [6, 6.07) is 0.707. The van der Waals surface area contributed by atoms with Gasteiger partial charge in [0.1, 0.15) is 0 Å². The van der Waals surface area contributed by atoms with E-state index in [-0.39, 0.29) is 24.4 Å². The lowest BCUT2D eigenvalue weighted by Crippen LogP contribution is -2.41. The topological polar surface area (TPSA) is 58.4 Å². The smallest absolute Gasteiger partial charge is 0.234 e. The van der Waals surface area contributed by atoms with Crippen LogP contribution in [-0.4, -0.2) is 42.5 Å². The van der Waals surface area contributed by atoms with E-state index in [2.05, 4.69) is 10.2 Å². The lowest BCUT2D eigenvalue weighted by molar-refractivity contribution is -0.122. The van der Waals surface area contributed by atoms with Crippen LogP contribution < -0.4 is 11.1 Å². The van der Waals surface area contributed by atoms with Crippen molar-refractivity contribution in [3.63, 3.8) is 0 Å². The molecule has 1 unspecified atom stereocenters. The van der Waals surface area contributed by atoms with Gasteiger partial charge in [-0.1, -0.05) is 12.8 Å². The molecule has 1 amide bonds. The highest BCUT2D eigenvalue weighted by atomic mass is 35.5. The maximum atomic E-state index is 11.7. The number of hydrogen-bond acceptors (Lipinski definition) is 3. The van der Waals surface area contributed by atoms with Gasteiger partial charge in [0.05, 0.1) is 6.54 Å². The predicted molar refractivity (Wildman–Crippen MR) is 66.7 cm³/mol. The average molecular weight is 248 g/mol. The molecular weight excluding hydrogens is 226 g/mol. The Kier molecular flexibility index (Phi) is 5.52. The predicted octanol–water partition coefficient (Wildman–Crippen LogP) is 0.500. The fraction of sp³-hybridized carbons (Fsp3) is 0.909. The minimum absolute atomic E-state index is 0. The molecular formula is C11H22ClN3O. The van der Waals surface area contributed by atoms with Crippen molar-refractivity contribution in [2.45, 2.75) is 44.2 Å². The monoisotopic (exact) mass is 247 g/mol. The van der Waals surface area contributed by atoms with Gasteiger partial charge in [-0.2, -0.15) is 0 Å². The SMILES string of the molecule is Cl.NC1CCN(CC(=O)NC2CCCC2)C1. The number of carbonyl (C=O) groups excluding carboxylic acids is 1. The van der Waals surface area contributed by atoms with E-state index in [1.807, 2.05) is 0 Å². The second kappa shape index (κ2) is 6.42. The molecule has 0 spiro atoms. The van der Waals surface area contributed by atoms with Crippen LogP contribution >= 0.6 is 12.4 Å². The molecule has 3 N–H and O–H groups in total. The van der Waals surface area contributed by atoms with Gasteiger partial charge in [-0.15, -0.1) is 12.4 Å². The highest BCUT2D eigenvalue weighted by molar-refractivity contribution is 5.85. The Morgan fingerprint density at radius 1 is 1.31 bits per heavy atom. The van der Waals surface area contributed by atoms with Gasteiger partial charge in [0.25, 0.3) is 0 Å². The second-order valence-corrected chi connectivity index (χ2v) is 4.83. The van der Waals surface area contributed by atoms with Crippen molar-refractivity contribution in [3.05, 3.63) is 0 Å². The van der Waals surface area contributed by atoms with Crippen LogP contribution in [0.1, 0.15) is 32.1 Å². The molecule has 1 aliphatic carbocycles. The van der Waals surface area contributed by atoms with E-state index in [9.17, 15) is 4.79 Å². The maximum absolute atomic E-state index is 11.7. The molecule has 0 aromatic heterocycles. The first-order valence-electron chi connectivity index (χ1n) is 6.01. The Balaban J connectivity index is 0.00000128. The summed E-state index contributed by atoms with van der Waals surface area (Å²) in [6.07, 6.45) is 5.87. The first-order chi connectivity index (χ1) is 7.24. The van der Waals surface area contributed by atoms with E-state index in [1.165, 1.54) is 12.8 Å². The van der Waals surface area contributed by atoms with Gasteiger partial charge in [-0.05, 0) is 19.3 Å². The molecule has 1 aliphatic heterocycles. The minimum atomic E-state index is 0. The molecule has 16 heavy (non-hydrogen) atoms. The molecule has 1 saturated carbocycles. The summed E-state index contributed by atoms with van der Waals surface area (Å²) in [6.45, 7) is 2.38. The third-order valence-electron chi connectivity index (χ3n) is 3.40. The van der Waals surface area contributed by atoms with Crippen LogP contribution in [0.25, 0.3) is 0 Å². The van der Waals surface area contributed by atoms with Gasteiger partial charge in [-0.25, -0.2) is 0 Å². The fourth-order valence-corrected chi connectivity index (χ4v) is 2.55. The molecule has 1 heterocycles. The summed E-state index contributed by atoms with van der Waals surface area (Å²) >= 11 is 0. The maximum Gasteiger partial charge on any atom is 0.234 e. The van der Waals surface area contributed by atoms with Crippen LogP contribution in [0.15, 0.2) is 0 Å². The molecule has 0 aromatic rings. The fourth-order valence-electron chi connectivity index (χ4n) is 2.55. The van der Waals surface area contributed by atoms with E-state index < -0.39 is 0 Å². The molecule has 2 rings (SSSR count). The van der Waals surface area contributed by atoms with Crippen molar-refractivity contribution in [2.24, 2.45) is 5.73 Å². The van der Waals surface area contributed by atoms with Gasteiger partial charge in [0.2, 0.25) is 5.91 Å². The molecule has 0 radical (unpaired) electrons. The van der Waals surface area contributed by atoms with E-state index in [0.717, 1.165) is 32.4 Å². The highest BCUT2D eigenvalue weighted by Crippen LogP contribution is 2.17. The van der Waals surface area contributed by atoms with Gasteiger partial charge in [0.15, 0.2) is 0 Å². The Hall–Kier alpha value is -0.320. The Labute approximate surface area is 103 Å². The number of carbonyl (C=O) groups is 1. The van der Waals surface area contributed by atoms with Crippen molar-refractivity contribution in [1.82, 2.24) is 10.2 Å². The highest BCUT2D eigenvalue weighted by Gasteiger charge is 2.23. The Bertz CT molecular complexity index is 231. The quantitative estimate of drug-likeness (QED) is 0.764. The van der Waals surface area contributed by atoms with E-state index in [1.54, 1.807) is 0 Å². The lowest BCUT2D eigenvalue weighted by Gasteiger charge is -2.17. The van der Waals surface area contributed by atoms with Crippen LogP contribution in [0.4, 0.5) is 0 Å². The first kappa shape index (κ1) is 13.7. The third kappa shape index (κ3) is 3.92. The molecule has 2 fully saturated rings. The summed E-state index contributed by atoms with van der Waals surface area (Å²) < 4.78 is 0. The zero-order chi connectivity index (χ0) is 10.7. The lowest BCUT2D eigenvalue weighted by atomic mass is 10.2. The summed E-state index contributed by atoms with van der Waals surface area (Å²) in [5.41, 5.74) is 5.79. The molecule has 2 aliphatic rings. The van der Waals surface area contributed by atoms with Gasteiger partial charge in [-0.3, -0.25) is 9.69 Å². The standard InChI is InChI=1S/C11H21N3O.ClH/c12-9-5-6-14(7-9)8-11(15)13-10-3-1-2-4-10;/h9-10H,1-8,12H2,(H,13,15);1H. The van der Waals surface area contributed by atoms with Crippen molar-refractivity contribution in [2.75, 3.05) is 19.6 Å². The van der Waals surface area contributed by atoms with Crippen LogP contribution in [-0.2, 0) is 4.79 Å². The number of rotatable bonds is 3. The van der Waals surface area contributed by atoms with Gasteiger partial charge in [0, 0.05) is 25.2 Å². The number of nitrogens with one attached hydrogen (secondary N) is 1.